The number of fused-ring (bicyclic) bond motifs is 2. The van der Waals surface area contributed by atoms with Crippen LogP contribution in [0.2, 0.25) is 0 Å². The Labute approximate surface area is 163 Å². The number of benzene rings is 2. The Balaban J connectivity index is 1.63. The minimum absolute atomic E-state index is 0.170. The van der Waals surface area contributed by atoms with Gasteiger partial charge in [-0.2, -0.15) is 0 Å². The van der Waals surface area contributed by atoms with E-state index in [-0.39, 0.29) is 19.0 Å². The quantitative estimate of drug-likeness (QED) is 0.739. The van der Waals surface area contributed by atoms with Gasteiger partial charge in [0.15, 0.2) is 17.7 Å². The molecule has 0 bridgehead atoms. The SMILES string of the molecule is COc1ccccc1NC(=O)N[C@@H]1c2c(cc3c(c2OC)OCO3)CC[NH+]1C. The van der Waals surface area contributed by atoms with Gasteiger partial charge in [-0.05, 0) is 23.8 Å². The Hall–Kier alpha value is -3.13. The topological polar surface area (TPSA) is 82.5 Å². The van der Waals surface area contributed by atoms with Crippen LogP contribution in [0.1, 0.15) is 17.3 Å². The minimum atomic E-state index is -0.318. The number of quaternary nitrogens is 1. The van der Waals surface area contributed by atoms with Crippen molar-refractivity contribution in [2.24, 2.45) is 0 Å². The van der Waals surface area contributed by atoms with Gasteiger partial charge in [0, 0.05) is 6.42 Å². The van der Waals surface area contributed by atoms with Gasteiger partial charge < -0.3 is 29.2 Å². The number of para-hydroxylation sites is 2. The summed E-state index contributed by atoms with van der Waals surface area (Å²) in [6, 6.07) is 8.95. The van der Waals surface area contributed by atoms with Crippen LogP contribution >= 0.6 is 0 Å². The largest absolute Gasteiger partial charge is 0.495 e. The second-order valence-electron chi connectivity index (χ2n) is 6.79. The number of urea groups is 1. The number of hydrogen-bond donors (Lipinski definition) is 3. The number of carbonyl (C=O) groups is 1. The van der Waals surface area contributed by atoms with Gasteiger partial charge in [0.1, 0.15) is 5.75 Å². The molecular weight excluding hydrogens is 362 g/mol. The molecule has 2 aromatic rings. The zero-order valence-electron chi connectivity index (χ0n) is 16.1. The highest BCUT2D eigenvalue weighted by atomic mass is 16.7. The molecule has 0 saturated heterocycles. The number of carbonyl (C=O) groups excluding carboxylic acids is 1. The Morgan fingerprint density at radius 3 is 2.82 bits per heavy atom. The maximum Gasteiger partial charge on any atom is 0.324 e. The highest BCUT2D eigenvalue weighted by Crippen LogP contribution is 2.47. The lowest BCUT2D eigenvalue weighted by molar-refractivity contribution is -0.917. The summed E-state index contributed by atoms with van der Waals surface area (Å²) in [4.78, 5) is 13.9. The van der Waals surface area contributed by atoms with Gasteiger partial charge in [-0.15, -0.1) is 0 Å². The van der Waals surface area contributed by atoms with Crippen molar-refractivity contribution >= 4 is 11.7 Å². The number of ether oxygens (including phenoxy) is 4. The molecule has 2 atom stereocenters. The van der Waals surface area contributed by atoms with Crippen LogP contribution in [0.4, 0.5) is 10.5 Å². The molecule has 148 valence electrons. The summed E-state index contributed by atoms with van der Waals surface area (Å²) in [5, 5.41) is 5.94. The van der Waals surface area contributed by atoms with Crippen molar-refractivity contribution in [3.63, 3.8) is 0 Å². The van der Waals surface area contributed by atoms with Crippen molar-refractivity contribution in [2.45, 2.75) is 12.6 Å². The van der Waals surface area contributed by atoms with E-state index in [1.807, 2.05) is 25.2 Å². The molecule has 3 N–H and O–H groups in total. The first-order valence-corrected chi connectivity index (χ1v) is 9.14. The molecule has 0 aromatic heterocycles. The lowest BCUT2D eigenvalue weighted by atomic mass is 9.95. The number of methoxy groups -OCH3 is 2. The number of nitrogens with one attached hydrogen (secondary N) is 3. The number of rotatable bonds is 4. The Bertz CT molecular complexity index is 902. The van der Waals surface area contributed by atoms with Crippen LogP contribution in [0.3, 0.4) is 0 Å². The first-order chi connectivity index (χ1) is 13.6. The highest BCUT2D eigenvalue weighted by Gasteiger charge is 2.37. The van der Waals surface area contributed by atoms with Crippen LogP contribution < -0.4 is 34.5 Å². The van der Waals surface area contributed by atoms with Crippen LogP contribution in [-0.4, -0.2) is 40.6 Å². The summed E-state index contributed by atoms with van der Waals surface area (Å²) in [6.45, 7) is 1.04. The summed E-state index contributed by atoms with van der Waals surface area (Å²) >= 11 is 0. The average Bonchev–Trinajstić information content (AvgIpc) is 3.17. The monoisotopic (exact) mass is 386 g/mol. The second kappa shape index (κ2) is 7.47. The zero-order chi connectivity index (χ0) is 19.7. The van der Waals surface area contributed by atoms with Crippen molar-refractivity contribution in [3.05, 3.63) is 41.5 Å². The second-order valence-corrected chi connectivity index (χ2v) is 6.79. The predicted octanol–water partition coefficient (Wildman–Crippen LogP) is 1.32. The van der Waals surface area contributed by atoms with Gasteiger partial charge >= 0.3 is 6.03 Å². The molecule has 2 amide bonds. The van der Waals surface area contributed by atoms with Crippen molar-refractivity contribution in [1.82, 2.24) is 5.32 Å². The first-order valence-electron chi connectivity index (χ1n) is 9.14. The highest BCUT2D eigenvalue weighted by molar-refractivity contribution is 5.91. The van der Waals surface area contributed by atoms with Gasteiger partial charge in [-0.1, -0.05) is 12.1 Å². The molecule has 2 aliphatic heterocycles. The Morgan fingerprint density at radius 1 is 1.21 bits per heavy atom. The van der Waals surface area contributed by atoms with Crippen molar-refractivity contribution in [3.8, 4) is 23.0 Å². The van der Waals surface area contributed by atoms with Crippen LogP contribution in [0, 0.1) is 0 Å². The fourth-order valence-electron chi connectivity index (χ4n) is 3.76. The molecule has 2 aromatic carbocycles. The molecule has 0 fully saturated rings. The number of anilines is 1. The summed E-state index contributed by atoms with van der Waals surface area (Å²) in [7, 11) is 5.22. The van der Waals surface area contributed by atoms with E-state index in [2.05, 4.69) is 10.6 Å². The Morgan fingerprint density at radius 2 is 2.04 bits per heavy atom. The third kappa shape index (κ3) is 3.16. The van der Waals surface area contributed by atoms with Crippen molar-refractivity contribution < 1.29 is 28.6 Å². The van der Waals surface area contributed by atoms with E-state index in [1.54, 1.807) is 26.4 Å². The molecule has 8 heteroatoms. The lowest BCUT2D eigenvalue weighted by Crippen LogP contribution is -3.12. The van der Waals surface area contributed by atoms with E-state index < -0.39 is 0 Å². The summed E-state index contributed by atoms with van der Waals surface area (Å²) in [6.07, 6.45) is 0.573. The smallest absolute Gasteiger partial charge is 0.324 e. The molecular formula is C20H24N3O5+. The summed E-state index contributed by atoms with van der Waals surface area (Å²) in [5.74, 6) is 2.50. The van der Waals surface area contributed by atoms with E-state index in [9.17, 15) is 4.79 Å². The molecule has 28 heavy (non-hydrogen) atoms. The van der Waals surface area contributed by atoms with Gasteiger partial charge in [0.2, 0.25) is 12.5 Å². The van der Waals surface area contributed by atoms with Crippen molar-refractivity contribution in [1.29, 1.82) is 0 Å². The molecule has 8 nitrogen and oxygen atoms in total. The Kier molecular flexibility index (Phi) is 4.87. The van der Waals surface area contributed by atoms with Gasteiger partial charge in [0.05, 0.1) is 39.1 Å². The molecule has 0 spiro atoms. The lowest BCUT2D eigenvalue weighted by Gasteiger charge is -2.33. The molecule has 0 aliphatic carbocycles. The van der Waals surface area contributed by atoms with Gasteiger partial charge in [0.25, 0.3) is 0 Å². The normalized spacial score (nSPS) is 19.5. The number of amides is 2. The molecule has 2 aliphatic rings. The maximum atomic E-state index is 12.7. The van der Waals surface area contributed by atoms with Crippen LogP contribution in [0.5, 0.6) is 23.0 Å². The standard InChI is InChI=1S/C20H23N3O5/c1-23-9-8-12-10-15-17(28-11-27-15)18(26-3)16(12)19(23)22-20(24)21-13-6-4-5-7-14(13)25-2/h4-7,10,19H,8-9,11H2,1-3H3,(H2,21,22,24)/p+1/t19-/m0/s1. The van der Waals surface area contributed by atoms with E-state index in [4.69, 9.17) is 18.9 Å². The fraction of sp³-hybridized carbons (Fsp3) is 0.350. The number of likely N-dealkylation sites (N-methyl/N-ethyl adjacent to an activating group) is 1. The third-order valence-electron chi connectivity index (χ3n) is 5.15. The predicted molar refractivity (Wildman–Crippen MR) is 102 cm³/mol. The van der Waals surface area contributed by atoms with Gasteiger partial charge in [-0.25, -0.2) is 4.79 Å². The maximum absolute atomic E-state index is 12.7. The molecule has 4 rings (SSSR count). The summed E-state index contributed by atoms with van der Waals surface area (Å²) in [5.41, 5.74) is 2.62. The van der Waals surface area contributed by atoms with E-state index in [1.165, 1.54) is 0 Å². The van der Waals surface area contributed by atoms with Crippen LogP contribution in [-0.2, 0) is 6.42 Å². The van der Waals surface area contributed by atoms with Gasteiger partial charge in [-0.3, -0.25) is 5.32 Å². The first kappa shape index (κ1) is 18.2. The van der Waals surface area contributed by atoms with Crippen LogP contribution in [0.25, 0.3) is 0 Å². The minimum Gasteiger partial charge on any atom is -0.495 e. The van der Waals surface area contributed by atoms with E-state index in [0.717, 1.165) is 29.0 Å². The number of hydrogen-bond acceptors (Lipinski definition) is 5. The fourth-order valence-corrected chi connectivity index (χ4v) is 3.76. The van der Waals surface area contributed by atoms with Crippen LogP contribution in [0.15, 0.2) is 30.3 Å². The zero-order valence-corrected chi connectivity index (χ0v) is 16.1. The van der Waals surface area contributed by atoms with Crippen molar-refractivity contribution in [2.75, 3.05) is 39.9 Å². The average molecular weight is 386 g/mol. The third-order valence-corrected chi connectivity index (χ3v) is 5.15. The summed E-state index contributed by atoms with van der Waals surface area (Å²) < 4.78 is 22.1. The molecule has 0 radical (unpaired) electrons. The molecule has 0 saturated carbocycles. The molecule has 2 heterocycles. The van der Waals surface area contributed by atoms with E-state index >= 15 is 0 Å². The molecule has 1 unspecified atom stereocenters. The van der Waals surface area contributed by atoms with E-state index in [0.29, 0.717) is 28.7 Å².